The van der Waals surface area contributed by atoms with Crippen molar-refractivity contribution in [2.45, 2.75) is 26.7 Å². The highest BCUT2D eigenvalue weighted by atomic mass is 16.1. The Bertz CT molecular complexity index is 310. The number of aromatic amines is 1. The maximum atomic E-state index is 11.6. The van der Waals surface area contributed by atoms with E-state index in [9.17, 15) is 4.79 Å². The predicted octanol–water partition coefficient (Wildman–Crippen LogP) is 0.704. The van der Waals surface area contributed by atoms with Gasteiger partial charge >= 0.3 is 0 Å². The highest BCUT2D eigenvalue weighted by Crippen LogP contribution is 1.95. The molecule has 0 saturated heterocycles. The molecule has 1 aromatic heterocycles. The molecule has 0 aliphatic rings. The number of nitrogens with one attached hydrogen (secondary N) is 3. The zero-order valence-electron chi connectivity index (χ0n) is 10.6. The Balaban J connectivity index is 2.07. The molecule has 1 atom stereocenters. The third-order valence-corrected chi connectivity index (χ3v) is 2.59. The van der Waals surface area contributed by atoms with Crippen LogP contribution in [0.2, 0.25) is 0 Å². The van der Waals surface area contributed by atoms with Gasteiger partial charge in [0, 0.05) is 37.8 Å². The minimum atomic E-state index is 0.0264. The number of carbonyl (C=O) groups excluding carboxylic acids is 1. The monoisotopic (exact) mass is 238 g/mol. The van der Waals surface area contributed by atoms with Crippen molar-refractivity contribution >= 4 is 5.91 Å². The van der Waals surface area contributed by atoms with Gasteiger partial charge in [-0.2, -0.15) is 0 Å². The average molecular weight is 238 g/mol. The van der Waals surface area contributed by atoms with Gasteiger partial charge in [0.25, 0.3) is 0 Å². The second-order valence-corrected chi connectivity index (χ2v) is 4.14. The van der Waals surface area contributed by atoms with Crippen molar-refractivity contribution in [3.05, 3.63) is 18.2 Å². The average Bonchev–Trinajstić information content (AvgIpc) is 2.84. The minimum absolute atomic E-state index is 0.0264. The Labute approximate surface area is 102 Å². The molecule has 3 N–H and O–H groups in total. The van der Waals surface area contributed by atoms with Crippen molar-refractivity contribution in [2.75, 3.05) is 19.6 Å². The lowest BCUT2D eigenvalue weighted by atomic mass is 10.1. The molecule has 0 aromatic carbocycles. The molecule has 0 fully saturated rings. The molecule has 96 valence electrons. The van der Waals surface area contributed by atoms with E-state index in [2.05, 4.69) is 20.6 Å². The molecular formula is C12H22N4O. The molecule has 1 amide bonds. The van der Waals surface area contributed by atoms with Crippen molar-refractivity contribution in [1.82, 2.24) is 20.6 Å². The van der Waals surface area contributed by atoms with Crippen LogP contribution in [0.3, 0.4) is 0 Å². The van der Waals surface area contributed by atoms with E-state index in [1.807, 2.05) is 20.0 Å². The lowest BCUT2D eigenvalue weighted by Gasteiger charge is -2.12. The van der Waals surface area contributed by atoms with Gasteiger partial charge in [-0.1, -0.05) is 13.8 Å². The molecule has 0 saturated carbocycles. The minimum Gasteiger partial charge on any atom is -0.356 e. The molecule has 1 unspecified atom stereocenters. The maximum Gasteiger partial charge on any atom is 0.224 e. The number of hydrogen-bond acceptors (Lipinski definition) is 3. The summed E-state index contributed by atoms with van der Waals surface area (Å²) < 4.78 is 0. The third-order valence-electron chi connectivity index (χ3n) is 2.59. The number of H-pyrrole nitrogens is 1. The van der Waals surface area contributed by atoms with Crippen molar-refractivity contribution in [3.8, 4) is 0 Å². The molecule has 17 heavy (non-hydrogen) atoms. The normalized spacial score (nSPS) is 12.4. The number of imidazole rings is 1. The van der Waals surface area contributed by atoms with Gasteiger partial charge in [-0.05, 0) is 13.0 Å². The number of aromatic nitrogens is 2. The highest BCUT2D eigenvalue weighted by molar-refractivity contribution is 5.78. The summed E-state index contributed by atoms with van der Waals surface area (Å²) in [5.41, 5.74) is 0. The summed E-state index contributed by atoms with van der Waals surface area (Å²) in [6.07, 6.45) is 5.33. The van der Waals surface area contributed by atoms with E-state index in [1.54, 1.807) is 6.20 Å². The molecule has 1 heterocycles. The number of aryl methyl sites for hydroxylation is 1. The first-order valence-corrected chi connectivity index (χ1v) is 6.20. The Hall–Kier alpha value is -1.36. The summed E-state index contributed by atoms with van der Waals surface area (Å²) in [6, 6.07) is 0. The molecule has 1 rings (SSSR count). The van der Waals surface area contributed by atoms with E-state index < -0.39 is 0 Å². The first-order valence-electron chi connectivity index (χ1n) is 6.20. The number of nitrogens with zero attached hydrogens (tertiary/aromatic N) is 1. The van der Waals surface area contributed by atoms with Crippen molar-refractivity contribution < 1.29 is 4.79 Å². The summed E-state index contributed by atoms with van der Waals surface area (Å²) in [4.78, 5) is 18.8. The fourth-order valence-electron chi connectivity index (χ4n) is 1.53. The third kappa shape index (κ3) is 5.49. The van der Waals surface area contributed by atoms with Gasteiger partial charge in [0.1, 0.15) is 5.82 Å². The largest absolute Gasteiger partial charge is 0.356 e. The van der Waals surface area contributed by atoms with Crippen LogP contribution in [0.15, 0.2) is 12.4 Å². The Morgan fingerprint density at radius 3 is 3.06 bits per heavy atom. The number of hydrogen-bond donors (Lipinski definition) is 3. The summed E-state index contributed by atoms with van der Waals surface area (Å²) in [7, 11) is 0. The second kappa shape index (κ2) is 7.84. The van der Waals surface area contributed by atoms with Crippen molar-refractivity contribution in [2.24, 2.45) is 5.92 Å². The number of amides is 1. The van der Waals surface area contributed by atoms with Gasteiger partial charge in [0.05, 0.1) is 0 Å². The van der Waals surface area contributed by atoms with Crippen LogP contribution in [0.5, 0.6) is 0 Å². The first kappa shape index (κ1) is 13.7. The molecule has 0 aliphatic heterocycles. The zero-order chi connectivity index (χ0) is 12.5. The first-order chi connectivity index (χ1) is 8.24. The number of carbonyl (C=O) groups is 1. The van der Waals surface area contributed by atoms with Crippen LogP contribution >= 0.6 is 0 Å². The molecular weight excluding hydrogens is 216 g/mol. The molecule has 0 aliphatic carbocycles. The van der Waals surface area contributed by atoms with Gasteiger partial charge in [-0.25, -0.2) is 4.98 Å². The SMILES string of the molecule is CCNCC(C)C(=O)NCCCc1ncc[nH]1. The Kier molecular flexibility index (Phi) is 6.32. The van der Waals surface area contributed by atoms with E-state index >= 15 is 0 Å². The topological polar surface area (TPSA) is 69.8 Å². The zero-order valence-corrected chi connectivity index (χ0v) is 10.6. The van der Waals surface area contributed by atoms with Crippen LogP contribution in [0.25, 0.3) is 0 Å². The molecule has 5 nitrogen and oxygen atoms in total. The second-order valence-electron chi connectivity index (χ2n) is 4.14. The van der Waals surface area contributed by atoms with Crippen LogP contribution in [0.4, 0.5) is 0 Å². The van der Waals surface area contributed by atoms with Crippen molar-refractivity contribution in [3.63, 3.8) is 0 Å². The van der Waals surface area contributed by atoms with E-state index in [4.69, 9.17) is 0 Å². The fourth-order valence-corrected chi connectivity index (χ4v) is 1.53. The summed E-state index contributed by atoms with van der Waals surface area (Å²) >= 11 is 0. The van der Waals surface area contributed by atoms with E-state index in [-0.39, 0.29) is 11.8 Å². The van der Waals surface area contributed by atoms with Gasteiger partial charge in [0.2, 0.25) is 5.91 Å². The summed E-state index contributed by atoms with van der Waals surface area (Å²) in [5.74, 6) is 1.11. The lowest BCUT2D eigenvalue weighted by molar-refractivity contribution is -0.124. The van der Waals surface area contributed by atoms with Crippen LogP contribution in [0.1, 0.15) is 26.1 Å². The van der Waals surface area contributed by atoms with E-state index in [1.165, 1.54) is 0 Å². The molecule has 5 heteroatoms. The fraction of sp³-hybridized carbons (Fsp3) is 0.667. The van der Waals surface area contributed by atoms with Crippen LogP contribution in [-0.2, 0) is 11.2 Å². The van der Waals surface area contributed by atoms with E-state index in [0.717, 1.165) is 31.8 Å². The van der Waals surface area contributed by atoms with Crippen LogP contribution < -0.4 is 10.6 Å². The Morgan fingerprint density at radius 1 is 1.59 bits per heavy atom. The van der Waals surface area contributed by atoms with E-state index in [0.29, 0.717) is 6.54 Å². The summed E-state index contributed by atoms with van der Waals surface area (Å²) in [6.45, 7) is 6.31. The van der Waals surface area contributed by atoms with Crippen LogP contribution in [-0.4, -0.2) is 35.5 Å². The maximum absolute atomic E-state index is 11.6. The van der Waals surface area contributed by atoms with Gasteiger partial charge in [-0.15, -0.1) is 0 Å². The standard InChI is InChI=1S/C12H22N4O/c1-3-13-9-10(2)12(17)16-6-4-5-11-14-7-8-15-11/h7-8,10,13H,3-6,9H2,1-2H3,(H,14,15)(H,16,17). The van der Waals surface area contributed by atoms with Gasteiger partial charge < -0.3 is 15.6 Å². The van der Waals surface area contributed by atoms with Crippen LogP contribution in [0, 0.1) is 5.92 Å². The van der Waals surface area contributed by atoms with Gasteiger partial charge in [-0.3, -0.25) is 4.79 Å². The smallest absolute Gasteiger partial charge is 0.224 e. The van der Waals surface area contributed by atoms with Gasteiger partial charge in [0.15, 0.2) is 0 Å². The molecule has 1 aromatic rings. The lowest BCUT2D eigenvalue weighted by Crippen LogP contribution is -2.35. The molecule has 0 radical (unpaired) electrons. The summed E-state index contributed by atoms with van der Waals surface area (Å²) in [5, 5.41) is 6.10. The quantitative estimate of drug-likeness (QED) is 0.584. The molecule has 0 spiro atoms. The molecule has 0 bridgehead atoms. The van der Waals surface area contributed by atoms with Crippen molar-refractivity contribution in [1.29, 1.82) is 0 Å². The highest BCUT2D eigenvalue weighted by Gasteiger charge is 2.10. The number of rotatable bonds is 8. The Morgan fingerprint density at radius 2 is 2.41 bits per heavy atom. The predicted molar refractivity (Wildman–Crippen MR) is 67.6 cm³/mol.